The molecule has 0 aliphatic rings. The topological polar surface area (TPSA) is 21.3 Å². The van der Waals surface area contributed by atoms with E-state index in [0.717, 1.165) is 5.69 Å². The van der Waals surface area contributed by atoms with E-state index in [1.54, 1.807) is 11.8 Å². The Hall–Kier alpha value is -1.45. The standard InChI is InChI=1S/C19H24NOS/c1-14(2)21-13-15(3)20-17-10-11-18(19(12-17)22-4)16-8-6-5-7-9-16/h6-12,14-15,20H,13H2,1-4H3. The lowest BCUT2D eigenvalue weighted by atomic mass is 10.1. The van der Waals surface area contributed by atoms with Gasteiger partial charge in [-0.25, -0.2) is 0 Å². The van der Waals surface area contributed by atoms with Gasteiger partial charge in [0.25, 0.3) is 0 Å². The molecular formula is C19H24NOS. The Morgan fingerprint density at radius 1 is 1.14 bits per heavy atom. The molecule has 1 N–H and O–H groups in total. The summed E-state index contributed by atoms with van der Waals surface area (Å²) in [5, 5.41) is 3.51. The van der Waals surface area contributed by atoms with Crippen LogP contribution in [0.25, 0.3) is 11.1 Å². The van der Waals surface area contributed by atoms with Crippen molar-refractivity contribution in [2.45, 2.75) is 37.8 Å². The van der Waals surface area contributed by atoms with E-state index in [1.165, 1.54) is 16.0 Å². The van der Waals surface area contributed by atoms with Crippen LogP contribution < -0.4 is 5.32 Å². The van der Waals surface area contributed by atoms with E-state index >= 15 is 0 Å². The Morgan fingerprint density at radius 2 is 1.86 bits per heavy atom. The number of ether oxygens (including phenoxy) is 1. The van der Waals surface area contributed by atoms with E-state index in [2.05, 4.69) is 68.7 Å². The first kappa shape index (κ1) is 16.9. The van der Waals surface area contributed by atoms with Gasteiger partial charge in [0.1, 0.15) is 0 Å². The fraction of sp³-hybridized carbons (Fsp3) is 0.368. The highest BCUT2D eigenvalue weighted by Gasteiger charge is 2.08. The molecule has 3 heteroatoms. The minimum absolute atomic E-state index is 0.267. The average Bonchev–Trinajstić information content (AvgIpc) is 2.53. The van der Waals surface area contributed by atoms with Crippen molar-refractivity contribution >= 4 is 17.4 Å². The molecule has 2 rings (SSSR count). The van der Waals surface area contributed by atoms with Crippen LogP contribution in [0.5, 0.6) is 0 Å². The Kier molecular flexibility index (Phi) is 6.34. The van der Waals surface area contributed by atoms with E-state index in [9.17, 15) is 0 Å². The second kappa shape index (κ2) is 8.25. The maximum absolute atomic E-state index is 5.65. The lowest BCUT2D eigenvalue weighted by molar-refractivity contribution is 0.0743. The predicted molar refractivity (Wildman–Crippen MR) is 96.7 cm³/mol. The van der Waals surface area contributed by atoms with Crippen LogP contribution in [-0.2, 0) is 4.74 Å². The van der Waals surface area contributed by atoms with Crippen LogP contribution >= 0.6 is 11.8 Å². The SMILES string of the molecule is CSc1cc(NC(C)COC(C)C)ccc1-c1cc[c]cc1. The van der Waals surface area contributed by atoms with Crippen LogP contribution in [0.2, 0.25) is 0 Å². The molecule has 0 fully saturated rings. The number of nitrogens with one attached hydrogen (secondary N) is 1. The molecule has 117 valence electrons. The molecule has 22 heavy (non-hydrogen) atoms. The Bertz CT molecular complexity index is 583. The summed E-state index contributed by atoms with van der Waals surface area (Å²) in [6.45, 7) is 6.97. The monoisotopic (exact) mass is 314 g/mol. The van der Waals surface area contributed by atoms with Gasteiger partial charge in [-0.05, 0) is 56.4 Å². The molecular weight excluding hydrogens is 290 g/mol. The summed E-state index contributed by atoms with van der Waals surface area (Å²) in [6.07, 6.45) is 2.38. The van der Waals surface area contributed by atoms with Gasteiger partial charge in [-0.15, -0.1) is 11.8 Å². The van der Waals surface area contributed by atoms with Gasteiger partial charge in [0.05, 0.1) is 12.7 Å². The quantitative estimate of drug-likeness (QED) is 0.718. The van der Waals surface area contributed by atoms with E-state index in [-0.39, 0.29) is 12.1 Å². The molecule has 2 nitrogen and oxygen atoms in total. The summed E-state index contributed by atoms with van der Waals surface area (Å²) in [5.74, 6) is 0. The van der Waals surface area contributed by atoms with Crippen LogP contribution in [0, 0.1) is 6.07 Å². The van der Waals surface area contributed by atoms with Crippen molar-refractivity contribution < 1.29 is 4.74 Å². The zero-order valence-corrected chi connectivity index (χ0v) is 14.5. The van der Waals surface area contributed by atoms with E-state index in [0.29, 0.717) is 6.61 Å². The Balaban J connectivity index is 2.12. The minimum Gasteiger partial charge on any atom is -0.380 e. The molecule has 0 aromatic heterocycles. The fourth-order valence-electron chi connectivity index (χ4n) is 2.25. The van der Waals surface area contributed by atoms with Gasteiger partial charge in [0.15, 0.2) is 0 Å². The van der Waals surface area contributed by atoms with Crippen molar-refractivity contribution in [1.82, 2.24) is 0 Å². The van der Waals surface area contributed by atoms with Crippen molar-refractivity contribution in [3.8, 4) is 11.1 Å². The van der Waals surface area contributed by atoms with Crippen LogP contribution in [0.3, 0.4) is 0 Å². The second-order valence-electron chi connectivity index (χ2n) is 5.63. The highest BCUT2D eigenvalue weighted by atomic mass is 32.2. The fourth-order valence-corrected chi connectivity index (χ4v) is 2.90. The first-order chi connectivity index (χ1) is 10.6. The van der Waals surface area contributed by atoms with Gasteiger partial charge in [-0.2, -0.15) is 0 Å². The molecule has 1 unspecified atom stereocenters. The first-order valence-corrected chi connectivity index (χ1v) is 8.85. The summed E-state index contributed by atoms with van der Waals surface area (Å²) in [5.41, 5.74) is 3.62. The van der Waals surface area contributed by atoms with Crippen LogP contribution in [0.4, 0.5) is 5.69 Å². The molecule has 2 aromatic rings. The molecule has 0 bridgehead atoms. The predicted octanol–water partition coefficient (Wildman–Crippen LogP) is 5.10. The maximum Gasteiger partial charge on any atom is 0.0668 e. The highest BCUT2D eigenvalue weighted by Crippen LogP contribution is 2.32. The molecule has 1 atom stereocenters. The Labute approximate surface area is 138 Å². The van der Waals surface area contributed by atoms with Crippen LogP contribution in [0.1, 0.15) is 20.8 Å². The smallest absolute Gasteiger partial charge is 0.0668 e. The molecule has 0 saturated heterocycles. The number of benzene rings is 2. The number of hydrogen-bond donors (Lipinski definition) is 1. The third-order valence-corrected chi connectivity index (χ3v) is 4.10. The lowest BCUT2D eigenvalue weighted by Crippen LogP contribution is -2.23. The van der Waals surface area contributed by atoms with Crippen molar-refractivity contribution in [1.29, 1.82) is 0 Å². The van der Waals surface area contributed by atoms with Crippen molar-refractivity contribution in [2.75, 3.05) is 18.2 Å². The molecule has 0 aliphatic heterocycles. The van der Waals surface area contributed by atoms with Crippen LogP contribution in [-0.4, -0.2) is 25.0 Å². The minimum atomic E-state index is 0.267. The molecule has 0 aliphatic carbocycles. The normalized spacial score (nSPS) is 12.4. The number of thioether (sulfide) groups is 1. The molecule has 0 spiro atoms. The number of anilines is 1. The lowest BCUT2D eigenvalue weighted by Gasteiger charge is -2.18. The van der Waals surface area contributed by atoms with Gasteiger partial charge in [0, 0.05) is 16.6 Å². The third kappa shape index (κ3) is 4.79. The first-order valence-electron chi connectivity index (χ1n) is 7.63. The zero-order valence-electron chi connectivity index (χ0n) is 13.7. The van der Waals surface area contributed by atoms with Gasteiger partial charge >= 0.3 is 0 Å². The van der Waals surface area contributed by atoms with Crippen molar-refractivity contribution in [3.63, 3.8) is 0 Å². The maximum atomic E-state index is 5.65. The molecule has 1 radical (unpaired) electrons. The number of hydrogen-bond acceptors (Lipinski definition) is 3. The summed E-state index contributed by atoms with van der Waals surface area (Å²) in [6, 6.07) is 18.0. The average molecular weight is 314 g/mol. The zero-order chi connectivity index (χ0) is 15.9. The van der Waals surface area contributed by atoms with Gasteiger partial charge in [0.2, 0.25) is 0 Å². The molecule has 2 aromatic carbocycles. The van der Waals surface area contributed by atoms with Crippen LogP contribution in [0.15, 0.2) is 47.4 Å². The molecule has 0 heterocycles. The summed E-state index contributed by atoms with van der Waals surface area (Å²) < 4.78 is 5.65. The highest BCUT2D eigenvalue weighted by molar-refractivity contribution is 7.98. The van der Waals surface area contributed by atoms with Crippen molar-refractivity contribution in [3.05, 3.63) is 48.5 Å². The van der Waals surface area contributed by atoms with Gasteiger partial charge < -0.3 is 10.1 Å². The van der Waals surface area contributed by atoms with E-state index < -0.39 is 0 Å². The Morgan fingerprint density at radius 3 is 2.50 bits per heavy atom. The second-order valence-corrected chi connectivity index (χ2v) is 6.48. The van der Waals surface area contributed by atoms with E-state index in [1.807, 2.05) is 12.1 Å². The molecule has 0 amide bonds. The van der Waals surface area contributed by atoms with E-state index in [4.69, 9.17) is 4.74 Å². The summed E-state index contributed by atoms with van der Waals surface area (Å²) in [7, 11) is 0. The van der Waals surface area contributed by atoms with Gasteiger partial charge in [-0.3, -0.25) is 0 Å². The largest absolute Gasteiger partial charge is 0.380 e. The summed E-state index contributed by atoms with van der Waals surface area (Å²) in [4.78, 5) is 1.27. The summed E-state index contributed by atoms with van der Waals surface area (Å²) >= 11 is 1.77. The van der Waals surface area contributed by atoms with Crippen molar-refractivity contribution in [2.24, 2.45) is 0 Å². The van der Waals surface area contributed by atoms with Gasteiger partial charge in [-0.1, -0.05) is 30.3 Å². The third-order valence-electron chi connectivity index (χ3n) is 3.32. The molecule has 0 saturated carbocycles. The number of rotatable bonds is 7.